The fourth-order valence-corrected chi connectivity index (χ4v) is 2.10. The van der Waals surface area contributed by atoms with Crippen molar-refractivity contribution < 1.29 is 4.79 Å². The fourth-order valence-electron chi connectivity index (χ4n) is 1.72. The largest absolute Gasteiger partial charge is 0.343 e. The van der Waals surface area contributed by atoms with Gasteiger partial charge in [0.05, 0.1) is 0 Å². The first-order valence-corrected chi connectivity index (χ1v) is 5.71. The van der Waals surface area contributed by atoms with Crippen LogP contribution in [0.25, 0.3) is 0 Å². The van der Waals surface area contributed by atoms with E-state index in [9.17, 15) is 4.79 Å². The highest BCUT2D eigenvalue weighted by atomic mass is 32.1. The van der Waals surface area contributed by atoms with E-state index >= 15 is 0 Å². The maximum absolute atomic E-state index is 11.2. The molecule has 1 saturated heterocycles. The van der Waals surface area contributed by atoms with Crippen molar-refractivity contribution >= 4 is 18.5 Å². The summed E-state index contributed by atoms with van der Waals surface area (Å²) in [6.07, 6.45) is 5.19. The first-order chi connectivity index (χ1) is 6.24. The van der Waals surface area contributed by atoms with Crippen LogP contribution >= 0.6 is 12.6 Å². The molecule has 1 heterocycles. The molecule has 1 amide bonds. The summed E-state index contributed by atoms with van der Waals surface area (Å²) in [5, 5.41) is 0.471. The van der Waals surface area contributed by atoms with Gasteiger partial charge in [-0.25, -0.2) is 0 Å². The number of hydrogen-bond acceptors (Lipinski definition) is 2. The molecule has 1 aliphatic rings. The van der Waals surface area contributed by atoms with Gasteiger partial charge in [-0.1, -0.05) is 13.3 Å². The molecule has 13 heavy (non-hydrogen) atoms. The van der Waals surface area contributed by atoms with Gasteiger partial charge in [0.1, 0.15) is 0 Å². The molecular weight excluding hydrogens is 182 g/mol. The molecule has 76 valence electrons. The Kier molecular flexibility index (Phi) is 4.64. The predicted octanol–water partition coefficient (Wildman–Crippen LogP) is 2.10. The van der Waals surface area contributed by atoms with Crippen LogP contribution in [0, 0.1) is 0 Å². The maximum Gasteiger partial charge on any atom is 0.222 e. The zero-order chi connectivity index (χ0) is 9.68. The topological polar surface area (TPSA) is 20.3 Å². The molecule has 0 saturated carbocycles. The van der Waals surface area contributed by atoms with Crippen molar-refractivity contribution in [3.63, 3.8) is 0 Å². The van der Waals surface area contributed by atoms with Crippen molar-refractivity contribution in [1.82, 2.24) is 4.90 Å². The normalized spacial score (nSPS) is 19.5. The van der Waals surface area contributed by atoms with Crippen molar-refractivity contribution in [2.24, 2.45) is 0 Å². The van der Waals surface area contributed by atoms with Gasteiger partial charge in [0.25, 0.3) is 0 Å². The molecule has 3 heteroatoms. The lowest BCUT2D eigenvalue weighted by atomic mass is 10.2. The first-order valence-electron chi connectivity index (χ1n) is 5.20. The third kappa shape index (κ3) is 3.59. The van der Waals surface area contributed by atoms with Crippen LogP contribution in [0.3, 0.4) is 0 Å². The van der Waals surface area contributed by atoms with E-state index in [1.54, 1.807) is 0 Å². The van der Waals surface area contributed by atoms with Gasteiger partial charge in [0.15, 0.2) is 0 Å². The summed E-state index contributed by atoms with van der Waals surface area (Å²) < 4.78 is 0. The predicted molar refractivity (Wildman–Crippen MR) is 58.1 cm³/mol. The average Bonchev–Trinajstić information content (AvgIpc) is 2.48. The molecule has 1 rings (SSSR count). The Balaban J connectivity index is 2.14. The number of carbonyl (C=O) groups excluding carboxylic acids is 1. The molecule has 0 bridgehead atoms. The summed E-state index contributed by atoms with van der Waals surface area (Å²) in [7, 11) is 0. The molecule has 0 spiro atoms. The molecule has 0 radical (unpaired) electrons. The van der Waals surface area contributed by atoms with Crippen LogP contribution < -0.4 is 0 Å². The van der Waals surface area contributed by atoms with E-state index in [1.807, 2.05) is 4.90 Å². The second-order valence-corrected chi connectivity index (χ2v) is 4.45. The molecule has 0 aromatic carbocycles. The summed E-state index contributed by atoms with van der Waals surface area (Å²) in [5.41, 5.74) is 0. The SMILES string of the molecule is CCCC(S)CCN1CCCC1=O. The van der Waals surface area contributed by atoms with E-state index in [1.165, 1.54) is 6.42 Å². The van der Waals surface area contributed by atoms with Crippen molar-refractivity contribution in [2.45, 2.75) is 44.3 Å². The van der Waals surface area contributed by atoms with Gasteiger partial charge in [0, 0.05) is 24.8 Å². The number of amides is 1. The highest BCUT2D eigenvalue weighted by Gasteiger charge is 2.19. The van der Waals surface area contributed by atoms with E-state index in [0.29, 0.717) is 11.2 Å². The van der Waals surface area contributed by atoms with E-state index in [0.717, 1.165) is 38.8 Å². The molecule has 0 N–H and O–H groups in total. The highest BCUT2D eigenvalue weighted by Crippen LogP contribution is 2.14. The van der Waals surface area contributed by atoms with Gasteiger partial charge in [-0.2, -0.15) is 12.6 Å². The summed E-state index contributed by atoms with van der Waals surface area (Å²) in [5.74, 6) is 0.331. The Hall–Kier alpha value is -0.180. The monoisotopic (exact) mass is 201 g/mol. The number of likely N-dealkylation sites (tertiary alicyclic amines) is 1. The standard InChI is InChI=1S/C10H19NOS/c1-2-4-9(13)6-8-11-7-3-5-10(11)12/h9,13H,2-8H2,1H3. The molecule has 1 aliphatic heterocycles. The Morgan fingerprint density at radius 1 is 1.54 bits per heavy atom. The van der Waals surface area contributed by atoms with E-state index in [4.69, 9.17) is 0 Å². The quantitative estimate of drug-likeness (QED) is 0.675. The van der Waals surface area contributed by atoms with Crippen LogP contribution in [0.15, 0.2) is 0 Å². The molecular formula is C10H19NOS. The van der Waals surface area contributed by atoms with Gasteiger partial charge in [-0.15, -0.1) is 0 Å². The minimum absolute atomic E-state index is 0.331. The highest BCUT2D eigenvalue weighted by molar-refractivity contribution is 7.80. The Morgan fingerprint density at radius 2 is 2.31 bits per heavy atom. The van der Waals surface area contributed by atoms with Crippen LogP contribution in [-0.2, 0) is 4.79 Å². The Morgan fingerprint density at radius 3 is 2.85 bits per heavy atom. The average molecular weight is 201 g/mol. The zero-order valence-electron chi connectivity index (χ0n) is 8.33. The van der Waals surface area contributed by atoms with E-state index in [-0.39, 0.29) is 0 Å². The van der Waals surface area contributed by atoms with Crippen molar-refractivity contribution in [2.75, 3.05) is 13.1 Å². The first kappa shape index (κ1) is 10.9. The summed E-state index contributed by atoms with van der Waals surface area (Å²) >= 11 is 4.47. The van der Waals surface area contributed by atoms with Crippen LogP contribution in [0.2, 0.25) is 0 Å². The van der Waals surface area contributed by atoms with E-state index in [2.05, 4.69) is 19.6 Å². The number of hydrogen-bond donors (Lipinski definition) is 1. The molecule has 2 nitrogen and oxygen atoms in total. The van der Waals surface area contributed by atoms with Crippen LogP contribution in [0.4, 0.5) is 0 Å². The molecule has 0 aromatic rings. The number of carbonyl (C=O) groups is 1. The lowest BCUT2D eigenvalue weighted by Crippen LogP contribution is -2.27. The van der Waals surface area contributed by atoms with E-state index < -0.39 is 0 Å². The van der Waals surface area contributed by atoms with Crippen molar-refractivity contribution in [3.05, 3.63) is 0 Å². The van der Waals surface area contributed by atoms with Gasteiger partial charge in [0.2, 0.25) is 5.91 Å². The lowest BCUT2D eigenvalue weighted by molar-refractivity contribution is -0.127. The summed E-state index contributed by atoms with van der Waals surface area (Å²) in [4.78, 5) is 13.2. The Labute approximate surface area is 86.1 Å². The molecule has 0 aromatic heterocycles. The fraction of sp³-hybridized carbons (Fsp3) is 0.900. The Bertz CT molecular complexity index is 172. The second-order valence-electron chi connectivity index (χ2n) is 3.72. The van der Waals surface area contributed by atoms with Gasteiger partial charge in [-0.3, -0.25) is 4.79 Å². The zero-order valence-corrected chi connectivity index (χ0v) is 9.22. The minimum Gasteiger partial charge on any atom is -0.343 e. The number of nitrogens with zero attached hydrogens (tertiary/aromatic N) is 1. The summed E-state index contributed by atoms with van der Waals surface area (Å²) in [6, 6.07) is 0. The third-order valence-electron chi connectivity index (χ3n) is 2.53. The third-order valence-corrected chi connectivity index (χ3v) is 3.04. The van der Waals surface area contributed by atoms with Crippen molar-refractivity contribution in [1.29, 1.82) is 0 Å². The maximum atomic E-state index is 11.2. The smallest absolute Gasteiger partial charge is 0.222 e. The van der Waals surface area contributed by atoms with Gasteiger partial charge >= 0.3 is 0 Å². The lowest BCUT2D eigenvalue weighted by Gasteiger charge is -2.17. The van der Waals surface area contributed by atoms with Crippen LogP contribution in [0.1, 0.15) is 39.0 Å². The number of rotatable bonds is 5. The van der Waals surface area contributed by atoms with Crippen molar-refractivity contribution in [3.8, 4) is 0 Å². The van der Waals surface area contributed by atoms with Gasteiger partial charge in [-0.05, 0) is 19.3 Å². The molecule has 0 aliphatic carbocycles. The molecule has 1 atom stereocenters. The molecule has 1 fully saturated rings. The van der Waals surface area contributed by atoms with Gasteiger partial charge < -0.3 is 4.90 Å². The second kappa shape index (κ2) is 5.53. The summed E-state index contributed by atoms with van der Waals surface area (Å²) in [6.45, 7) is 4.04. The molecule has 1 unspecified atom stereocenters. The number of thiol groups is 1. The minimum atomic E-state index is 0.331. The van der Waals surface area contributed by atoms with Crippen LogP contribution in [-0.4, -0.2) is 29.1 Å². The van der Waals surface area contributed by atoms with Crippen LogP contribution in [0.5, 0.6) is 0 Å².